The molecule has 15 heavy (non-hydrogen) atoms. The van der Waals surface area contributed by atoms with Crippen LogP contribution in [0.1, 0.15) is 39.0 Å². The second-order valence-corrected chi connectivity index (χ2v) is 4.31. The zero-order valence-corrected chi connectivity index (χ0v) is 9.32. The Balaban J connectivity index is 1.97. The Hall–Kier alpha value is -1.12. The van der Waals surface area contributed by atoms with Gasteiger partial charge < -0.3 is 5.32 Å². The van der Waals surface area contributed by atoms with Gasteiger partial charge in [-0.05, 0) is 30.9 Å². The van der Waals surface area contributed by atoms with Gasteiger partial charge in [0.25, 0.3) is 0 Å². The third-order valence-corrected chi connectivity index (χ3v) is 3.34. The van der Waals surface area contributed by atoms with Crippen LogP contribution in [0.4, 0.5) is 5.82 Å². The molecule has 3 heteroatoms. The van der Waals surface area contributed by atoms with E-state index in [1.807, 2.05) is 12.1 Å². The number of nitrogens with one attached hydrogen (secondary N) is 1. The number of rotatable bonds is 3. The van der Waals surface area contributed by atoms with Gasteiger partial charge in [0.05, 0.1) is 0 Å². The minimum absolute atomic E-state index is 0.598. The van der Waals surface area contributed by atoms with E-state index in [2.05, 4.69) is 22.4 Å². The summed E-state index contributed by atoms with van der Waals surface area (Å²) in [7, 11) is 0. The van der Waals surface area contributed by atoms with Crippen molar-refractivity contribution in [2.45, 2.75) is 45.1 Å². The van der Waals surface area contributed by atoms with Gasteiger partial charge in [0, 0.05) is 12.2 Å². The fraction of sp³-hybridized carbons (Fsp3) is 0.667. The first-order valence-electron chi connectivity index (χ1n) is 5.94. The molecule has 2 atom stereocenters. The molecule has 1 N–H and O–H groups in total. The molecule has 0 saturated heterocycles. The van der Waals surface area contributed by atoms with Crippen molar-refractivity contribution < 1.29 is 0 Å². The summed E-state index contributed by atoms with van der Waals surface area (Å²) < 4.78 is 0. The average Bonchev–Trinajstić information content (AvgIpc) is 2.31. The molecule has 1 aliphatic carbocycles. The van der Waals surface area contributed by atoms with E-state index in [1.165, 1.54) is 32.1 Å². The second kappa shape index (κ2) is 5.10. The van der Waals surface area contributed by atoms with Crippen LogP contribution < -0.4 is 5.32 Å². The van der Waals surface area contributed by atoms with Crippen LogP contribution in [0.3, 0.4) is 0 Å². The summed E-state index contributed by atoms with van der Waals surface area (Å²) in [5.41, 5.74) is 0. The highest BCUT2D eigenvalue weighted by atomic mass is 15.2. The van der Waals surface area contributed by atoms with E-state index in [0.717, 1.165) is 11.7 Å². The molecule has 2 rings (SSSR count). The largest absolute Gasteiger partial charge is 0.366 e. The van der Waals surface area contributed by atoms with Crippen LogP contribution in [0.5, 0.6) is 0 Å². The zero-order valence-electron chi connectivity index (χ0n) is 9.32. The molecule has 0 amide bonds. The number of anilines is 1. The van der Waals surface area contributed by atoms with E-state index >= 15 is 0 Å². The SMILES string of the molecule is CCC1CCCCC1Nc1cccnn1. The number of aromatic nitrogens is 2. The highest BCUT2D eigenvalue weighted by Crippen LogP contribution is 2.28. The molecule has 82 valence electrons. The van der Waals surface area contributed by atoms with Crippen molar-refractivity contribution in [3.05, 3.63) is 18.3 Å². The number of hydrogen-bond acceptors (Lipinski definition) is 3. The molecule has 0 spiro atoms. The highest BCUT2D eigenvalue weighted by Gasteiger charge is 2.23. The van der Waals surface area contributed by atoms with Crippen LogP contribution >= 0.6 is 0 Å². The average molecular weight is 205 g/mol. The maximum absolute atomic E-state index is 4.08. The van der Waals surface area contributed by atoms with Gasteiger partial charge in [0.2, 0.25) is 0 Å². The Morgan fingerprint density at radius 1 is 1.40 bits per heavy atom. The summed E-state index contributed by atoms with van der Waals surface area (Å²) in [5.74, 6) is 1.73. The number of nitrogens with zero attached hydrogens (tertiary/aromatic N) is 2. The second-order valence-electron chi connectivity index (χ2n) is 4.31. The molecule has 2 unspecified atom stereocenters. The van der Waals surface area contributed by atoms with Gasteiger partial charge >= 0.3 is 0 Å². The molecule has 0 aromatic carbocycles. The Labute approximate surface area is 91.3 Å². The molecule has 1 aliphatic rings. The smallest absolute Gasteiger partial charge is 0.148 e. The van der Waals surface area contributed by atoms with E-state index in [-0.39, 0.29) is 0 Å². The first-order chi connectivity index (χ1) is 7.40. The molecule has 1 aromatic rings. The minimum Gasteiger partial charge on any atom is -0.366 e. The lowest BCUT2D eigenvalue weighted by Gasteiger charge is -2.31. The molecule has 1 aromatic heterocycles. The molecular weight excluding hydrogens is 186 g/mol. The van der Waals surface area contributed by atoms with Crippen LogP contribution in [-0.4, -0.2) is 16.2 Å². The molecule has 3 nitrogen and oxygen atoms in total. The predicted octanol–water partition coefficient (Wildman–Crippen LogP) is 2.86. The Kier molecular flexibility index (Phi) is 3.54. The molecule has 1 fully saturated rings. The maximum Gasteiger partial charge on any atom is 0.148 e. The van der Waals surface area contributed by atoms with E-state index in [1.54, 1.807) is 6.20 Å². The van der Waals surface area contributed by atoms with Crippen molar-refractivity contribution in [1.82, 2.24) is 10.2 Å². The highest BCUT2D eigenvalue weighted by molar-refractivity contribution is 5.33. The summed E-state index contributed by atoms with van der Waals surface area (Å²) in [6.45, 7) is 2.28. The molecule has 0 aliphatic heterocycles. The lowest BCUT2D eigenvalue weighted by atomic mass is 9.83. The van der Waals surface area contributed by atoms with Crippen LogP contribution in [0.2, 0.25) is 0 Å². The van der Waals surface area contributed by atoms with E-state index in [4.69, 9.17) is 0 Å². The molecule has 1 saturated carbocycles. The van der Waals surface area contributed by atoms with Gasteiger partial charge in [-0.15, -0.1) is 5.10 Å². The van der Waals surface area contributed by atoms with Gasteiger partial charge in [-0.2, -0.15) is 5.10 Å². The van der Waals surface area contributed by atoms with Gasteiger partial charge in [-0.25, -0.2) is 0 Å². The Morgan fingerprint density at radius 2 is 2.27 bits per heavy atom. The first-order valence-corrected chi connectivity index (χ1v) is 5.94. The van der Waals surface area contributed by atoms with Crippen molar-refractivity contribution in [2.75, 3.05) is 5.32 Å². The molecule has 0 bridgehead atoms. The molecule has 0 radical (unpaired) electrons. The molecular formula is C12H19N3. The van der Waals surface area contributed by atoms with Crippen LogP contribution in [0.15, 0.2) is 18.3 Å². The fourth-order valence-corrected chi connectivity index (χ4v) is 2.45. The van der Waals surface area contributed by atoms with Gasteiger partial charge in [-0.3, -0.25) is 0 Å². The standard InChI is InChI=1S/C12H19N3/c1-2-10-6-3-4-7-11(10)14-12-8-5-9-13-15-12/h5,8-11H,2-4,6-7H2,1H3,(H,14,15). The van der Waals surface area contributed by atoms with E-state index in [9.17, 15) is 0 Å². The van der Waals surface area contributed by atoms with Crippen molar-refractivity contribution in [3.8, 4) is 0 Å². The minimum atomic E-state index is 0.598. The fourth-order valence-electron chi connectivity index (χ4n) is 2.45. The summed E-state index contributed by atoms with van der Waals surface area (Å²) in [4.78, 5) is 0. The summed E-state index contributed by atoms with van der Waals surface area (Å²) in [5, 5.41) is 11.5. The summed E-state index contributed by atoms with van der Waals surface area (Å²) in [6, 6.07) is 4.52. The van der Waals surface area contributed by atoms with Crippen molar-refractivity contribution in [3.63, 3.8) is 0 Å². The van der Waals surface area contributed by atoms with Crippen LogP contribution in [-0.2, 0) is 0 Å². The zero-order chi connectivity index (χ0) is 10.5. The van der Waals surface area contributed by atoms with Crippen molar-refractivity contribution in [1.29, 1.82) is 0 Å². The monoisotopic (exact) mass is 205 g/mol. The van der Waals surface area contributed by atoms with Crippen LogP contribution in [0.25, 0.3) is 0 Å². The first kappa shape index (κ1) is 10.4. The lowest BCUT2D eigenvalue weighted by molar-refractivity contribution is 0.316. The Bertz CT molecular complexity index is 286. The van der Waals surface area contributed by atoms with E-state index in [0.29, 0.717) is 6.04 Å². The predicted molar refractivity (Wildman–Crippen MR) is 61.7 cm³/mol. The van der Waals surface area contributed by atoms with Crippen LogP contribution in [0, 0.1) is 5.92 Å². The van der Waals surface area contributed by atoms with Gasteiger partial charge in [0.15, 0.2) is 0 Å². The quantitative estimate of drug-likeness (QED) is 0.824. The number of hydrogen-bond donors (Lipinski definition) is 1. The summed E-state index contributed by atoms with van der Waals surface area (Å²) in [6.07, 6.45) is 8.33. The van der Waals surface area contributed by atoms with Crippen molar-refractivity contribution in [2.24, 2.45) is 5.92 Å². The molecule has 1 heterocycles. The third kappa shape index (κ3) is 2.67. The van der Waals surface area contributed by atoms with Gasteiger partial charge in [0.1, 0.15) is 5.82 Å². The van der Waals surface area contributed by atoms with E-state index < -0.39 is 0 Å². The normalized spacial score (nSPS) is 26.2. The third-order valence-electron chi connectivity index (χ3n) is 3.34. The van der Waals surface area contributed by atoms with Crippen molar-refractivity contribution >= 4 is 5.82 Å². The van der Waals surface area contributed by atoms with Gasteiger partial charge in [-0.1, -0.05) is 26.2 Å². The topological polar surface area (TPSA) is 37.8 Å². The Morgan fingerprint density at radius 3 is 3.00 bits per heavy atom. The lowest BCUT2D eigenvalue weighted by Crippen LogP contribution is -2.32. The summed E-state index contributed by atoms with van der Waals surface area (Å²) >= 11 is 0. The maximum atomic E-state index is 4.08.